The van der Waals surface area contributed by atoms with Gasteiger partial charge in [0.15, 0.2) is 16.7 Å². The first-order valence-electron chi connectivity index (χ1n) is 5.42. The molecule has 1 heterocycles. The van der Waals surface area contributed by atoms with Gasteiger partial charge in [-0.1, -0.05) is 0 Å². The second-order valence-electron chi connectivity index (χ2n) is 3.75. The minimum atomic E-state index is -0.479. The highest BCUT2D eigenvalue weighted by Gasteiger charge is 2.09. The molecule has 0 unspecified atom stereocenters. The van der Waals surface area contributed by atoms with Crippen LogP contribution in [0, 0.1) is 5.82 Å². The van der Waals surface area contributed by atoms with Gasteiger partial charge in [0, 0.05) is 17.1 Å². The van der Waals surface area contributed by atoms with Crippen molar-refractivity contribution in [1.82, 2.24) is 4.98 Å². The molecule has 2 rings (SSSR count). The van der Waals surface area contributed by atoms with Crippen molar-refractivity contribution in [2.75, 3.05) is 18.2 Å². The van der Waals surface area contributed by atoms with Gasteiger partial charge in [0.25, 0.3) is 0 Å². The normalized spacial score (nSPS) is 10.2. The zero-order valence-corrected chi connectivity index (χ0v) is 11.0. The monoisotopic (exact) mass is 281 g/mol. The minimum Gasteiger partial charge on any atom is -0.494 e. The number of aromatic nitrogens is 1. The third-order valence-corrected chi connectivity index (χ3v) is 3.07. The number of halogens is 1. The topological polar surface area (TPSA) is 77.2 Å². The Morgan fingerprint density at radius 1 is 1.58 bits per heavy atom. The van der Waals surface area contributed by atoms with Gasteiger partial charge < -0.3 is 15.8 Å². The number of anilines is 2. The van der Waals surface area contributed by atoms with E-state index in [1.54, 1.807) is 5.38 Å². The van der Waals surface area contributed by atoms with Crippen LogP contribution in [0.3, 0.4) is 0 Å². The summed E-state index contributed by atoms with van der Waals surface area (Å²) in [5.41, 5.74) is 6.55. The average Bonchev–Trinajstić information content (AvgIpc) is 2.77. The number of hydrogen-bond acceptors (Lipinski definition) is 5. The number of benzene rings is 1. The van der Waals surface area contributed by atoms with E-state index in [0.717, 1.165) is 0 Å². The summed E-state index contributed by atoms with van der Waals surface area (Å²) in [4.78, 5) is 15.7. The van der Waals surface area contributed by atoms with Gasteiger partial charge in [-0.3, -0.25) is 4.79 Å². The Labute approximate surface area is 113 Å². The van der Waals surface area contributed by atoms with E-state index >= 15 is 0 Å². The Kier molecular flexibility index (Phi) is 3.96. The first-order chi connectivity index (χ1) is 9.08. The standard InChI is InChI=1S/C12H12FN3O2S/c1-18-10-4-7(2-3-9(10)13)15-11(17)5-8-6-19-12(14)16-8/h2-4,6H,5H2,1H3,(H2,14,16)(H,15,17). The van der Waals surface area contributed by atoms with E-state index in [2.05, 4.69) is 10.3 Å². The second-order valence-corrected chi connectivity index (χ2v) is 4.64. The first-order valence-corrected chi connectivity index (χ1v) is 6.29. The average molecular weight is 281 g/mol. The van der Waals surface area contributed by atoms with Crippen molar-refractivity contribution < 1.29 is 13.9 Å². The van der Waals surface area contributed by atoms with Crippen molar-refractivity contribution in [3.63, 3.8) is 0 Å². The zero-order chi connectivity index (χ0) is 13.8. The van der Waals surface area contributed by atoms with Crippen LogP contribution in [0.25, 0.3) is 0 Å². The summed E-state index contributed by atoms with van der Waals surface area (Å²) in [6, 6.07) is 4.11. The van der Waals surface area contributed by atoms with E-state index in [1.807, 2.05) is 0 Å². The van der Waals surface area contributed by atoms with Crippen LogP contribution in [0.1, 0.15) is 5.69 Å². The number of nitrogens with two attached hydrogens (primary N) is 1. The van der Waals surface area contributed by atoms with Gasteiger partial charge in [0.05, 0.1) is 19.2 Å². The van der Waals surface area contributed by atoms with Crippen molar-refractivity contribution in [1.29, 1.82) is 0 Å². The minimum absolute atomic E-state index is 0.0794. The summed E-state index contributed by atoms with van der Waals surface area (Å²) in [7, 11) is 1.36. The van der Waals surface area contributed by atoms with Crippen LogP contribution >= 0.6 is 11.3 Å². The molecule has 0 saturated heterocycles. The Balaban J connectivity index is 2.02. The van der Waals surface area contributed by atoms with Crippen molar-refractivity contribution in [3.05, 3.63) is 35.1 Å². The fourth-order valence-electron chi connectivity index (χ4n) is 1.51. The Bertz CT molecular complexity index is 600. The maximum Gasteiger partial charge on any atom is 0.230 e. The van der Waals surface area contributed by atoms with Gasteiger partial charge in [-0.25, -0.2) is 9.37 Å². The number of rotatable bonds is 4. The van der Waals surface area contributed by atoms with Crippen molar-refractivity contribution in [2.45, 2.75) is 6.42 Å². The molecule has 0 saturated carbocycles. The summed E-state index contributed by atoms with van der Waals surface area (Å²) in [5.74, 6) is -0.651. The van der Waals surface area contributed by atoms with Crippen LogP contribution in [0.15, 0.2) is 23.6 Å². The molecule has 7 heteroatoms. The molecule has 5 nitrogen and oxygen atoms in total. The Morgan fingerprint density at radius 2 is 2.37 bits per heavy atom. The number of carbonyl (C=O) groups is 1. The lowest BCUT2D eigenvalue weighted by Gasteiger charge is -2.07. The lowest BCUT2D eigenvalue weighted by molar-refractivity contribution is -0.115. The van der Waals surface area contributed by atoms with E-state index in [0.29, 0.717) is 16.5 Å². The predicted octanol–water partition coefficient (Wildman–Crippen LogP) is 2.05. The van der Waals surface area contributed by atoms with Crippen molar-refractivity contribution in [2.24, 2.45) is 0 Å². The molecule has 0 aliphatic rings. The number of nitrogen functional groups attached to an aromatic ring is 1. The van der Waals surface area contributed by atoms with Crippen LogP contribution in [0.4, 0.5) is 15.2 Å². The molecule has 1 amide bonds. The number of nitrogens with zero attached hydrogens (tertiary/aromatic N) is 1. The van der Waals surface area contributed by atoms with E-state index < -0.39 is 5.82 Å². The maximum absolute atomic E-state index is 13.2. The molecule has 0 aliphatic heterocycles. The molecule has 0 bridgehead atoms. The molecule has 0 radical (unpaired) electrons. The molecule has 0 fully saturated rings. The molecule has 3 N–H and O–H groups in total. The molecule has 2 aromatic rings. The SMILES string of the molecule is COc1cc(NC(=O)Cc2csc(N)n2)ccc1F. The molecule has 100 valence electrons. The van der Waals surface area contributed by atoms with Crippen LogP contribution in [-0.4, -0.2) is 18.0 Å². The van der Waals surface area contributed by atoms with E-state index in [9.17, 15) is 9.18 Å². The van der Waals surface area contributed by atoms with Gasteiger partial charge in [-0.2, -0.15) is 0 Å². The number of hydrogen-bond donors (Lipinski definition) is 2. The van der Waals surface area contributed by atoms with Crippen LogP contribution in [0.5, 0.6) is 5.75 Å². The van der Waals surface area contributed by atoms with Gasteiger partial charge in [-0.15, -0.1) is 11.3 Å². The van der Waals surface area contributed by atoms with E-state index in [-0.39, 0.29) is 18.1 Å². The summed E-state index contributed by atoms with van der Waals surface area (Å²) in [6.45, 7) is 0. The molecule has 0 spiro atoms. The fraction of sp³-hybridized carbons (Fsp3) is 0.167. The first kappa shape index (κ1) is 13.3. The van der Waals surface area contributed by atoms with Crippen LogP contribution < -0.4 is 15.8 Å². The lowest BCUT2D eigenvalue weighted by atomic mass is 10.2. The molecule has 1 aromatic carbocycles. The van der Waals surface area contributed by atoms with E-state index in [1.165, 1.54) is 36.6 Å². The largest absolute Gasteiger partial charge is 0.494 e. The highest BCUT2D eigenvalue weighted by molar-refractivity contribution is 7.13. The van der Waals surface area contributed by atoms with Crippen LogP contribution in [0.2, 0.25) is 0 Å². The molecule has 19 heavy (non-hydrogen) atoms. The highest BCUT2D eigenvalue weighted by Crippen LogP contribution is 2.21. The Morgan fingerprint density at radius 3 is 3.00 bits per heavy atom. The van der Waals surface area contributed by atoms with Gasteiger partial charge in [0.2, 0.25) is 5.91 Å². The number of thiazole rings is 1. The summed E-state index contributed by atoms with van der Waals surface area (Å²) in [5, 5.41) is 4.78. The molecular formula is C12H12FN3O2S. The van der Waals surface area contributed by atoms with E-state index in [4.69, 9.17) is 10.5 Å². The van der Waals surface area contributed by atoms with Gasteiger partial charge >= 0.3 is 0 Å². The summed E-state index contributed by atoms with van der Waals surface area (Å²) >= 11 is 1.28. The second kappa shape index (κ2) is 5.66. The third kappa shape index (κ3) is 3.41. The smallest absolute Gasteiger partial charge is 0.230 e. The number of amides is 1. The lowest BCUT2D eigenvalue weighted by Crippen LogP contribution is -2.14. The fourth-order valence-corrected chi connectivity index (χ4v) is 2.07. The van der Waals surface area contributed by atoms with Crippen molar-refractivity contribution >= 4 is 28.1 Å². The number of ether oxygens (including phenoxy) is 1. The third-order valence-electron chi connectivity index (χ3n) is 2.35. The highest BCUT2D eigenvalue weighted by atomic mass is 32.1. The number of nitrogens with one attached hydrogen (secondary N) is 1. The van der Waals surface area contributed by atoms with Gasteiger partial charge in [0.1, 0.15) is 0 Å². The molecule has 0 atom stereocenters. The van der Waals surface area contributed by atoms with Crippen molar-refractivity contribution in [3.8, 4) is 5.75 Å². The molecule has 0 aliphatic carbocycles. The molecular weight excluding hydrogens is 269 g/mol. The molecule has 1 aromatic heterocycles. The number of carbonyl (C=O) groups excluding carboxylic acids is 1. The van der Waals surface area contributed by atoms with Gasteiger partial charge in [-0.05, 0) is 12.1 Å². The number of methoxy groups -OCH3 is 1. The maximum atomic E-state index is 13.2. The summed E-state index contributed by atoms with van der Waals surface area (Å²) in [6.07, 6.45) is 0.118. The quantitative estimate of drug-likeness (QED) is 0.899. The summed E-state index contributed by atoms with van der Waals surface area (Å²) < 4.78 is 18.0. The van der Waals surface area contributed by atoms with Crippen LogP contribution in [-0.2, 0) is 11.2 Å². The zero-order valence-electron chi connectivity index (χ0n) is 10.1. The Hall–Kier alpha value is -2.15. The predicted molar refractivity (Wildman–Crippen MR) is 71.8 cm³/mol.